The summed E-state index contributed by atoms with van der Waals surface area (Å²) in [6.07, 6.45) is 1.29. The van der Waals surface area contributed by atoms with Crippen molar-refractivity contribution in [3.8, 4) is 5.75 Å². The lowest BCUT2D eigenvalue weighted by atomic mass is 10.2. The summed E-state index contributed by atoms with van der Waals surface area (Å²) in [5.41, 5.74) is 0.429. The number of ether oxygens (including phenoxy) is 1. The van der Waals surface area contributed by atoms with Crippen LogP contribution in [0.3, 0.4) is 0 Å². The SMILES string of the molecule is O=C(Nc1ccccc1O)C1CCCO1. The molecule has 0 aliphatic carbocycles. The Labute approximate surface area is 87.9 Å². The van der Waals surface area contributed by atoms with Crippen molar-refractivity contribution in [3.05, 3.63) is 24.3 Å². The number of benzene rings is 1. The number of carbonyl (C=O) groups excluding carboxylic acids is 1. The van der Waals surface area contributed by atoms with Crippen LogP contribution in [0.4, 0.5) is 5.69 Å². The second-order valence-corrected chi connectivity index (χ2v) is 3.51. The van der Waals surface area contributed by atoms with Gasteiger partial charge in [0.15, 0.2) is 0 Å². The van der Waals surface area contributed by atoms with E-state index in [0.717, 1.165) is 12.8 Å². The fourth-order valence-electron chi connectivity index (χ4n) is 1.58. The third kappa shape index (κ3) is 2.27. The molecule has 0 radical (unpaired) electrons. The molecule has 1 aliphatic heterocycles. The summed E-state index contributed by atoms with van der Waals surface area (Å²) in [4.78, 5) is 11.6. The molecular weight excluding hydrogens is 194 g/mol. The van der Waals surface area contributed by atoms with Crippen LogP contribution in [0.5, 0.6) is 5.75 Å². The summed E-state index contributed by atoms with van der Waals surface area (Å²) in [6.45, 7) is 0.638. The van der Waals surface area contributed by atoms with Crippen molar-refractivity contribution < 1.29 is 14.6 Å². The largest absolute Gasteiger partial charge is 0.506 e. The molecule has 0 bridgehead atoms. The van der Waals surface area contributed by atoms with E-state index in [4.69, 9.17) is 4.74 Å². The highest BCUT2D eigenvalue weighted by molar-refractivity contribution is 5.95. The molecule has 2 N–H and O–H groups in total. The minimum absolute atomic E-state index is 0.0730. The highest BCUT2D eigenvalue weighted by Gasteiger charge is 2.23. The molecule has 4 heteroatoms. The fourth-order valence-corrected chi connectivity index (χ4v) is 1.58. The first-order valence-electron chi connectivity index (χ1n) is 4.98. The Hall–Kier alpha value is -1.55. The van der Waals surface area contributed by atoms with Crippen molar-refractivity contribution in [2.24, 2.45) is 0 Å². The van der Waals surface area contributed by atoms with Crippen LogP contribution in [0.1, 0.15) is 12.8 Å². The van der Waals surface area contributed by atoms with Crippen molar-refractivity contribution in [2.75, 3.05) is 11.9 Å². The van der Waals surface area contributed by atoms with Crippen LogP contribution in [0.2, 0.25) is 0 Å². The zero-order valence-corrected chi connectivity index (χ0v) is 8.27. The Balaban J connectivity index is 2.02. The predicted molar refractivity (Wildman–Crippen MR) is 55.7 cm³/mol. The quantitative estimate of drug-likeness (QED) is 0.723. The molecule has 80 valence electrons. The van der Waals surface area contributed by atoms with E-state index in [1.807, 2.05) is 0 Å². The van der Waals surface area contributed by atoms with Crippen LogP contribution in [0.25, 0.3) is 0 Å². The van der Waals surface area contributed by atoms with Crippen LogP contribution < -0.4 is 5.32 Å². The number of anilines is 1. The number of para-hydroxylation sites is 2. The number of nitrogens with one attached hydrogen (secondary N) is 1. The molecule has 1 saturated heterocycles. The lowest BCUT2D eigenvalue weighted by Gasteiger charge is -2.11. The van der Waals surface area contributed by atoms with Gasteiger partial charge in [0.1, 0.15) is 11.9 Å². The number of rotatable bonds is 2. The zero-order valence-electron chi connectivity index (χ0n) is 8.27. The topological polar surface area (TPSA) is 58.6 Å². The fraction of sp³-hybridized carbons (Fsp3) is 0.364. The summed E-state index contributed by atoms with van der Waals surface area (Å²) in [7, 11) is 0. The molecule has 1 heterocycles. The number of hydrogen-bond acceptors (Lipinski definition) is 3. The van der Waals surface area contributed by atoms with Gasteiger partial charge in [-0.2, -0.15) is 0 Å². The average molecular weight is 207 g/mol. The Kier molecular flexibility index (Phi) is 2.87. The van der Waals surface area contributed by atoms with Crippen molar-refractivity contribution in [1.29, 1.82) is 0 Å². The van der Waals surface area contributed by atoms with Gasteiger partial charge in [-0.25, -0.2) is 0 Å². The van der Waals surface area contributed by atoms with E-state index in [-0.39, 0.29) is 17.8 Å². The molecule has 1 aromatic carbocycles. The van der Waals surface area contributed by atoms with Crippen molar-refractivity contribution >= 4 is 11.6 Å². The molecule has 1 atom stereocenters. The van der Waals surface area contributed by atoms with Gasteiger partial charge in [-0.15, -0.1) is 0 Å². The smallest absolute Gasteiger partial charge is 0.253 e. The normalized spacial score (nSPS) is 20.1. The molecule has 4 nitrogen and oxygen atoms in total. The van der Waals surface area contributed by atoms with E-state index in [1.165, 1.54) is 6.07 Å². The van der Waals surface area contributed by atoms with Gasteiger partial charge in [0.05, 0.1) is 5.69 Å². The number of phenolic OH excluding ortho intramolecular Hbond substituents is 1. The maximum atomic E-state index is 11.6. The molecule has 15 heavy (non-hydrogen) atoms. The molecule has 0 spiro atoms. The zero-order chi connectivity index (χ0) is 10.7. The van der Waals surface area contributed by atoms with Crippen LogP contribution >= 0.6 is 0 Å². The Morgan fingerprint density at radius 2 is 2.27 bits per heavy atom. The highest BCUT2D eigenvalue weighted by Crippen LogP contribution is 2.23. The minimum atomic E-state index is -0.371. The van der Waals surface area contributed by atoms with E-state index >= 15 is 0 Å². The predicted octanol–water partition coefficient (Wildman–Crippen LogP) is 1.51. The second-order valence-electron chi connectivity index (χ2n) is 3.51. The summed E-state index contributed by atoms with van der Waals surface area (Å²) < 4.78 is 5.23. The van der Waals surface area contributed by atoms with E-state index in [0.29, 0.717) is 12.3 Å². The molecule has 1 aliphatic rings. The average Bonchev–Trinajstić information content (AvgIpc) is 2.74. The molecule has 1 aromatic rings. The Morgan fingerprint density at radius 3 is 2.93 bits per heavy atom. The van der Waals surface area contributed by atoms with E-state index in [9.17, 15) is 9.90 Å². The van der Waals surface area contributed by atoms with Gasteiger partial charge in [-0.3, -0.25) is 4.79 Å². The number of hydrogen-bond donors (Lipinski definition) is 2. The van der Waals surface area contributed by atoms with Crippen molar-refractivity contribution in [3.63, 3.8) is 0 Å². The van der Waals surface area contributed by atoms with Crippen LogP contribution in [-0.4, -0.2) is 23.7 Å². The van der Waals surface area contributed by atoms with Gasteiger partial charge in [-0.1, -0.05) is 12.1 Å². The van der Waals surface area contributed by atoms with Gasteiger partial charge in [0.2, 0.25) is 0 Å². The van der Waals surface area contributed by atoms with Crippen LogP contribution in [0.15, 0.2) is 24.3 Å². The molecule has 2 rings (SSSR count). The van der Waals surface area contributed by atoms with Gasteiger partial charge < -0.3 is 15.2 Å². The van der Waals surface area contributed by atoms with Crippen molar-refractivity contribution in [2.45, 2.75) is 18.9 Å². The number of phenols is 1. The minimum Gasteiger partial charge on any atom is -0.506 e. The van der Waals surface area contributed by atoms with Gasteiger partial charge in [0.25, 0.3) is 5.91 Å². The standard InChI is InChI=1S/C11H13NO3/c13-9-5-2-1-4-8(9)12-11(14)10-6-3-7-15-10/h1-2,4-5,10,13H,3,6-7H2,(H,12,14). The van der Waals surface area contributed by atoms with Crippen molar-refractivity contribution in [1.82, 2.24) is 0 Å². The molecule has 0 saturated carbocycles. The van der Waals surface area contributed by atoms with Gasteiger partial charge >= 0.3 is 0 Å². The second kappa shape index (κ2) is 4.31. The lowest BCUT2D eigenvalue weighted by molar-refractivity contribution is -0.124. The summed E-state index contributed by atoms with van der Waals surface area (Å²) >= 11 is 0. The third-order valence-electron chi connectivity index (χ3n) is 2.38. The highest BCUT2D eigenvalue weighted by atomic mass is 16.5. The molecule has 0 aromatic heterocycles. The number of aromatic hydroxyl groups is 1. The van der Waals surface area contributed by atoms with E-state index in [1.54, 1.807) is 18.2 Å². The van der Waals surface area contributed by atoms with E-state index in [2.05, 4.69) is 5.32 Å². The number of amides is 1. The molecular formula is C11H13NO3. The molecule has 1 unspecified atom stereocenters. The molecule has 1 fully saturated rings. The Morgan fingerprint density at radius 1 is 1.47 bits per heavy atom. The Bertz CT molecular complexity index is 359. The first-order chi connectivity index (χ1) is 7.27. The maximum absolute atomic E-state index is 11.6. The van der Waals surface area contributed by atoms with Gasteiger partial charge in [0, 0.05) is 6.61 Å². The summed E-state index contributed by atoms with van der Waals surface area (Å²) in [5.74, 6) is -0.113. The van der Waals surface area contributed by atoms with Crippen LogP contribution in [-0.2, 0) is 9.53 Å². The summed E-state index contributed by atoms with van der Waals surface area (Å²) in [5, 5.41) is 12.1. The van der Waals surface area contributed by atoms with Crippen LogP contribution in [0, 0.1) is 0 Å². The monoisotopic (exact) mass is 207 g/mol. The summed E-state index contributed by atoms with van der Waals surface area (Å²) in [6, 6.07) is 6.65. The molecule has 1 amide bonds. The lowest BCUT2D eigenvalue weighted by Crippen LogP contribution is -2.26. The third-order valence-corrected chi connectivity index (χ3v) is 2.38. The maximum Gasteiger partial charge on any atom is 0.253 e. The van der Waals surface area contributed by atoms with Gasteiger partial charge in [-0.05, 0) is 25.0 Å². The van der Waals surface area contributed by atoms with E-state index < -0.39 is 0 Å². The first-order valence-corrected chi connectivity index (χ1v) is 4.98. The number of carbonyl (C=O) groups is 1. The first kappa shape index (κ1) is 9.98.